The summed E-state index contributed by atoms with van der Waals surface area (Å²) < 4.78 is 0. The lowest BCUT2D eigenvalue weighted by molar-refractivity contribution is -0.136. The molecular weight excluding hydrogens is 350 g/mol. The van der Waals surface area contributed by atoms with Crippen LogP contribution in [0.4, 0.5) is 0 Å². The SMILES string of the molecule is CC1CCC(NC(=O)CN2CCN(C(=O)C3(c4ccccc4)CC3)CC2)CC1. The topological polar surface area (TPSA) is 52.7 Å². The number of hydrogen-bond acceptors (Lipinski definition) is 3. The third-order valence-electron chi connectivity index (χ3n) is 6.89. The molecule has 1 aromatic rings. The number of carbonyl (C=O) groups is 2. The molecule has 152 valence electrons. The van der Waals surface area contributed by atoms with Gasteiger partial charge in [0, 0.05) is 32.2 Å². The molecule has 4 rings (SSSR count). The fourth-order valence-corrected chi connectivity index (χ4v) is 4.80. The molecule has 0 unspecified atom stereocenters. The molecule has 1 aliphatic heterocycles. The molecule has 2 aliphatic carbocycles. The van der Waals surface area contributed by atoms with Gasteiger partial charge in [0.05, 0.1) is 12.0 Å². The second kappa shape index (κ2) is 8.24. The molecule has 2 amide bonds. The predicted molar refractivity (Wildman–Crippen MR) is 110 cm³/mol. The second-order valence-electron chi connectivity index (χ2n) is 9.04. The van der Waals surface area contributed by atoms with Gasteiger partial charge < -0.3 is 10.2 Å². The summed E-state index contributed by atoms with van der Waals surface area (Å²) in [5, 5.41) is 3.22. The number of amides is 2. The number of nitrogens with one attached hydrogen (secondary N) is 1. The fourth-order valence-electron chi connectivity index (χ4n) is 4.80. The van der Waals surface area contributed by atoms with E-state index in [1.807, 2.05) is 23.1 Å². The predicted octanol–water partition coefficient (Wildman–Crippen LogP) is 2.56. The lowest BCUT2D eigenvalue weighted by Gasteiger charge is -2.36. The number of rotatable bonds is 5. The zero-order valence-electron chi connectivity index (χ0n) is 17.0. The Morgan fingerprint density at radius 1 is 1.00 bits per heavy atom. The van der Waals surface area contributed by atoms with Crippen LogP contribution in [0.1, 0.15) is 51.0 Å². The summed E-state index contributed by atoms with van der Waals surface area (Å²) in [6.07, 6.45) is 6.56. The lowest BCUT2D eigenvalue weighted by atomic mass is 9.87. The van der Waals surface area contributed by atoms with Crippen LogP contribution in [0.5, 0.6) is 0 Å². The first-order valence-corrected chi connectivity index (χ1v) is 10.9. The van der Waals surface area contributed by atoms with Crippen LogP contribution in [0.2, 0.25) is 0 Å². The normalized spacial score (nSPS) is 27.2. The smallest absolute Gasteiger partial charge is 0.234 e. The summed E-state index contributed by atoms with van der Waals surface area (Å²) in [6.45, 7) is 5.76. The van der Waals surface area contributed by atoms with Gasteiger partial charge in [0.25, 0.3) is 0 Å². The highest BCUT2D eigenvalue weighted by Crippen LogP contribution is 2.49. The molecule has 5 nitrogen and oxygen atoms in total. The summed E-state index contributed by atoms with van der Waals surface area (Å²) in [7, 11) is 0. The Kier molecular flexibility index (Phi) is 5.72. The molecule has 1 N–H and O–H groups in total. The van der Waals surface area contributed by atoms with Gasteiger partial charge in [0.2, 0.25) is 11.8 Å². The molecule has 0 bridgehead atoms. The van der Waals surface area contributed by atoms with Gasteiger partial charge in [-0.15, -0.1) is 0 Å². The second-order valence-corrected chi connectivity index (χ2v) is 9.04. The van der Waals surface area contributed by atoms with Crippen molar-refractivity contribution in [1.29, 1.82) is 0 Å². The Hall–Kier alpha value is -1.88. The highest BCUT2D eigenvalue weighted by molar-refractivity contribution is 5.91. The molecule has 1 heterocycles. The van der Waals surface area contributed by atoms with Crippen LogP contribution in [0.25, 0.3) is 0 Å². The van der Waals surface area contributed by atoms with E-state index in [2.05, 4.69) is 29.3 Å². The number of hydrogen-bond donors (Lipinski definition) is 1. The van der Waals surface area contributed by atoms with Crippen molar-refractivity contribution in [2.45, 2.75) is 56.9 Å². The van der Waals surface area contributed by atoms with Gasteiger partial charge in [-0.05, 0) is 50.0 Å². The van der Waals surface area contributed by atoms with E-state index >= 15 is 0 Å². The lowest BCUT2D eigenvalue weighted by Crippen LogP contribution is -2.53. The van der Waals surface area contributed by atoms with Gasteiger partial charge in [-0.1, -0.05) is 37.3 Å². The highest BCUT2D eigenvalue weighted by Gasteiger charge is 2.53. The van der Waals surface area contributed by atoms with E-state index in [-0.39, 0.29) is 17.2 Å². The van der Waals surface area contributed by atoms with Gasteiger partial charge in [-0.3, -0.25) is 14.5 Å². The number of carbonyl (C=O) groups excluding carboxylic acids is 2. The van der Waals surface area contributed by atoms with Crippen LogP contribution >= 0.6 is 0 Å². The van der Waals surface area contributed by atoms with Crippen molar-refractivity contribution in [3.8, 4) is 0 Å². The Morgan fingerprint density at radius 2 is 1.64 bits per heavy atom. The Labute approximate surface area is 168 Å². The zero-order chi connectivity index (χ0) is 19.6. The van der Waals surface area contributed by atoms with E-state index in [1.54, 1.807) is 0 Å². The fraction of sp³-hybridized carbons (Fsp3) is 0.652. The number of nitrogens with zero attached hydrogens (tertiary/aromatic N) is 2. The molecule has 0 aromatic heterocycles. The molecule has 0 spiro atoms. The van der Waals surface area contributed by atoms with E-state index in [9.17, 15) is 9.59 Å². The van der Waals surface area contributed by atoms with Crippen molar-refractivity contribution in [3.63, 3.8) is 0 Å². The molecule has 5 heteroatoms. The van der Waals surface area contributed by atoms with Gasteiger partial charge in [0.1, 0.15) is 0 Å². The largest absolute Gasteiger partial charge is 0.352 e. The van der Waals surface area contributed by atoms with Crippen molar-refractivity contribution in [2.24, 2.45) is 5.92 Å². The minimum Gasteiger partial charge on any atom is -0.352 e. The number of piperazine rings is 1. The van der Waals surface area contributed by atoms with Gasteiger partial charge in [0.15, 0.2) is 0 Å². The quantitative estimate of drug-likeness (QED) is 0.850. The van der Waals surface area contributed by atoms with E-state index < -0.39 is 0 Å². The maximum absolute atomic E-state index is 13.1. The van der Waals surface area contributed by atoms with E-state index in [0.717, 1.165) is 63.3 Å². The van der Waals surface area contributed by atoms with Crippen LogP contribution in [0.15, 0.2) is 30.3 Å². The summed E-state index contributed by atoms with van der Waals surface area (Å²) >= 11 is 0. The summed E-state index contributed by atoms with van der Waals surface area (Å²) in [6, 6.07) is 10.6. The molecule has 1 aromatic carbocycles. The maximum Gasteiger partial charge on any atom is 0.234 e. The van der Waals surface area contributed by atoms with Crippen LogP contribution < -0.4 is 5.32 Å². The summed E-state index contributed by atoms with van der Waals surface area (Å²) in [5.41, 5.74) is 0.877. The van der Waals surface area contributed by atoms with Crippen molar-refractivity contribution in [2.75, 3.05) is 32.7 Å². The standard InChI is InChI=1S/C23H33N3O2/c1-18-7-9-20(10-8-18)24-21(27)17-25-13-15-26(16-14-25)22(28)23(11-12-23)19-5-3-2-4-6-19/h2-6,18,20H,7-17H2,1H3,(H,24,27). The molecule has 3 fully saturated rings. The Bertz CT molecular complexity index is 685. The van der Waals surface area contributed by atoms with E-state index in [4.69, 9.17) is 0 Å². The first-order valence-electron chi connectivity index (χ1n) is 10.9. The van der Waals surface area contributed by atoms with Crippen LogP contribution in [-0.4, -0.2) is 60.4 Å². The Morgan fingerprint density at radius 3 is 2.25 bits per heavy atom. The average Bonchev–Trinajstić information content (AvgIpc) is 3.52. The first-order chi connectivity index (χ1) is 13.6. The highest BCUT2D eigenvalue weighted by atomic mass is 16.2. The molecule has 2 saturated carbocycles. The van der Waals surface area contributed by atoms with Gasteiger partial charge in [-0.25, -0.2) is 0 Å². The average molecular weight is 384 g/mol. The third-order valence-corrected chi connectivity index (χ3v) is 6.89. The van der Waals surface area contributed by atoms with E-state index in [0.29, 0.717) is 12.6 Å². The minimum absolute atomic E-state index is 0.141. The van der Waals surface area contributed by atoms with E-state index in [1.165, 1.54) is 12.8 Å². The molecule has 0 atom stereocenters. The molecule has 3 aliphatic rings. The number of benzene rings is 1. The van der Waals surface area contributed by atoms with Crippen LogP contribution in [0.3, 0.4) is 0 Å². The molecular formula is C23H33N3O2. The van der Waals surface area contributed by atoms with Crippen LogP contribution in [-0.2, 0) is 15.0 Å². The van der Waals surface area contributed by atoms with Crippen molar-refractivity contribution < 1.29 is 9.59 Å². The minimum atomic E-state index is -0.279. The molecule has 0 radical (unpaired) electrons. The summed E-state index contributed by atoms with van der Waals surface area (Å²) in [5.74, 6) is 1.21. The van der Waals surface area contributed by atoms with Crippen molar-refractivity contribution in [3.05, 3.63) is 35.9 Å². The summed E-state index contributed by atoms with van der Waals surface area (Å²) in [4.78, 5) is 29.7. The van der Waals surface area contributed by atoms with Crippen LogP contribution in [0, 0.1) is 5.92 Å². The maximum atomic E-state index is 13.1. The monoisotopic (exact) mass is 383 g/mol. The molecule has 28 heavy (non-hydrogen) atoms. The third kappa shape index (κ3) is 4.24. The van der Waals surface area contributed by atoms with Gasteiger partial charge in [-0.2, -0.15) is 0 Å². The zero-order valence-corrected chi connectivity index (χ0v) is 17.0. The van der Waals surface area contributed by atoms with Gasteiger partial charge >= 0.3 is 0 Å². The first kappa shape index (κ1) is 19.4. The van der Waals surface area contributed by atoms with Crippen molar-refractivity contribution in [1.82, 2.24) is 15.1 Å². The Balaban J connectivity index is 1.24. The van der Waals surface area contributed by atoms with Crippen molar-refractivity contribution >= 4 is 11.8 Å². The molecule has 1 saturated heterocycles.